The Balaban J connectivity index is 1.77. The standard InChI is InChI=1S/C26H36N6O5/c1-5-32-16-23(33)27-14-15-37-22-9-7-6-8-20(22)25(35)29-21(10-11-24(32)34)26(36)28-13-12-19-17(2)30-31(4)18(19)3/h6-9,21H,5,10-16H2,1-4H3,(H,27,33)(H,28,36)(H,29,35)/t21-/m0/s1. The Morgan fingerprint density at radius 3 is 2.68 bits per heavy atom. The van der Waals surface area contributed by atoms with Gasteiger partial charge in [0.25, 0.3) is 5.91 Å². The molecule has 0 spiro atoms. The largest absolute Gasteiger partial charge is 0.491 e. The van der Waals surface area contributed by atoms with Crippen LogP contribution in [-0.2, 0) is 27.9 Å². The van der Waals surface area contributed by atoms with E-state index >= 15 is 0 Å². The molecule has 1 atom stereocenters. The molecule has 2 aromatic rings. The van der Waals surface area contributed by atoms with Crippen LogP contribution in [0.15, 0.2) is 24.3 Å². The van der Waals surface area contributed by atoms with Gasteiger partial charge in [-0.3, -0.25) is 23.9 Å². The lowest BCUT2D eigenvalue weighted by molar-refractivity contribution is -0.136. The molecule has 0 unspecified atom stereocenters. The summed E-state index contributed by atoms with van der Waals surface area (Å²) in [6, 6.07) is 5.76. The van der Waals surface area contributed by atoms with Gasteiger partial charge in [-0.05, 0) is 51.3 Å². The summed E-state index contributed by atoms with van der Waals surface area (Å²) in [7, 11) is 1.87. The van der Waals surface area contributed by atoms with Gasteiger partial charge in [-0.2, -0.15) is 5.10 Å². The SMILES string of the molecule is CCN1CC(=O)NCCOc2ccccc2C(=O)N[C@H](C(=O)NCCc2c(C)nn(C)c2C)CCC1=O. The van der Waals surface area contributed by atoms with Crippen molar-refractivity contribution in [1.29, 1.82) is 0 Å². The van der Waals surface area contributed by atoms with Crippen LogP contribution in [-0.4, -0.2) is 77.1 Å². The number of nitrogens with zero attached hydrogens (tertiary/aromatic N) is 3. The predicted octanol–water partition coefficient (Wildman–Crippen LogP) is 0.632. The van der Waals surface area contributed by atoms with Crippen molar-refractivity contribution < 1.29 is 23.9 Å². The molecule has 3 N–H and O–H groups in total. The Bertz CT molecular complexity index is 1140. The molecule has 0 radical (unpaired) electrons. The van der Waals surface area contributed by atoms with Crippen molar-refractivity contribution in [3.05, 3.63) is 46.8 Å². The quantitative estimate of drug-likeness (QED) is 0.538. The molecule has 0 fully saturated rings. The normalized spacial score (nSPS) is 17.6. The van der Waals surface area contributed by atoms with Crippen LogP contribution >= 0.6 is 0 Å². The van der Waals surface area contributed by atoms with E-state index < -0.39 is 11.9 Å². The number of likely N-dealkylation sites (N-methyl/N-ethyl adjacent to an activating group) is 1. The summed E-state index contributed by atoms with van der Waals surface area (Å²) in [6.07, 6.45) is 0.674. The fraction of sp³-hybridized carbons (Fsp3) is 0.500. The van der Waals surface area contributed by atoms with Crippen LogP contribution in [0.3, 0.4) is 0 Å². The van der Waals surface area contributed by atoms with Crippen molar-refractivity contribution in [2.45, 2.75) is 46.1 Å². The maximum Gasteiger partial charge on any atom is 0.255 e. The van der Waals surface area contributed by atoms with Crippen molar-refractivity contribution in [2.24, 2.45) is 7.05 Å². The first-order valence-electron chi connectivity index (χ1n) is 12.5. The van der Waals surface area contributed by atoms with Crippen molar-refractivity contribution in [1.82, 2.24) is 30.6 Å². The number of hydrogen-bond donors (Lipinski definition) is 3. The summed E-state index contributed by atoms with van der Waals surface area (Å²) < 4.78 is 7.53. The van der Waals surface area contributed by atoms with E-state index in [1.807, 2.05) is 20.9 Å². The molecule has 200 valence electrons. The lowest BCUT2D eigenvalue weighted by Crippen LogP contribution is -2.48. The molecule has 4 amide bonds. The first-order chi connectivity index (χ1) is 17.7. The number of hydrogen-bond acceptors (Lipinski definition) is 6. The highest BCUT2D eigenvalue weighted by molar-refractivity contribution is 5.99. The molecular weight excluding hydrogens is 476 g/mol. The zero-order valence-electron chi connectivity index (χ0n) is 21.9. The molecule has 3 rings (SSSR count). The smallest absolute Gasteiger partial charge is 0.255 e. The van der Waals surface area contributed by atoms with Gasteiger partial charge in [0.05, 0.1) is 24.3 Å². The Labute approximate surface area is 216 Å². The first-order valence-corrected chi connectivity index (χ1v) is 12.5. The molecule has 1 aromatic carbocycles. The predicted molar refractivity (Wildman–Crippen MR) is 137 cm³/mol. The summed E-state index contributed by atoms with van der Waals surface area (Å²) >= 11 is 0. The van der Waals surface area contributed by atoms with Gasteiger partial charge in [0.1, 0.15) is 18.4 Å². The summed E-state index contributed by atoms with van der Waals surface area (Å²) in [4.78, 5) is 52.9. The number of ether oxygens (including phenoxy) is 1. The summed E-state index contributed by atoms with van der Waals surface area (Å²) in [6.45, 7) is 6.67. The van der Waals surface area contributed by atoms with Crippen LogP contribution in [0.25, 0.3) is 0 Å². The summed E-state index contributed by atoms with van der Waals surface area (Å²) in [5, 5.41) is 12.8. The lowest BCUT2D eigenvalue weighted by Gasteiger charge is -2.22. The first kappa shape index (κ1) is 27.7. The van der Waals surface area contributed by atoms with E-state index in [1.165, 1.54) is 4.90 Å². The number of rotatable bonds is 5. The second kappa shape index (κ2) is 12.9. The molecule has 1 aliphatic heterocycles. The molecule has 0 bridgehead atoms. The molecule has 11 nitrogen and oxygen atoms in total. The zero-order chi connectivity index (χ0) is 26.9. The molecular formula is C26H36N6O5. The number of nitrogens with one attached hydrogen (secondary N) is 3. The van der Waals surface area contributed by atoms with Gasteiger partial charge < -0.3 is 25.6 Å². The van der Waals surface area contributed by atoms with Crippen molar-refractivity contribution in [2.75, 3.05) is 32.8 Å². The Kier molecular flexibility index (Phi) is 9.64. The molecule has 1 aromatic heterocycles. The Morgan fingerprint density at radius 2 is 1.97 bits per heavy atom. The number of aromatic nitrogens is 2. The van der Waals surface area contributed by atoms with E-state index in [9.17, 15) is 19.2 Å². The summed E-state index contributed by atoms with van der Waals surface area (Å²) in [5.74, 6) is -1.08. The lowest BCUT2D eigenvalue weighted by atomic mass is 10.1. The molecule has 0 saturated carbocycles. The third kappa shape index (κ3) is 7.31. The second-order valence-electron chi connectivity index (χ2n) is 8.98. The Morgan fingerprint density at radius 1 is 1.22 bits per heavy atom. The van der Waals surface area contributed by atoms with Gasteiger partial charge in [0.2, 0.25) is 17.7 Å². The van der Waals surface area contributed by atoms with E-state index in [2.05, 4.69) is 21.0 Å². The number of para-hydroxylation sites is 1. The van der Waals surface area contributed by atoms with E-state index in [0.717, 1.165) is 17.0 Å². The van der Waals surface area contributed by atoms with Crippen molar-refractivity contribution in [3.8, 4) is 5.75 Å². The molecule has 2 heterocycles. The third-order valence-corrected chi connectivity index (χ3v) is 6.48. The number of benzene rings is 1. The number of aryl methyl sites for hydroxylation is 2. The number of fused-ring (bicyclic) bond motifs is 1. The maximum absolute atomic E-state index is 13.2. The van der Waals surface area contributed by atoms with Gasteiger partial charge in [0.15, 0.2) is 0 Å². The maximum atomic E-state index is 13.2. The van der Waals surface area contributed by atoms with Crippen LogP contribution in [0.4, 0.5) is 0 Å². The molecule has 0 aliphatic carbocycles. The van der Waals surface area contributed by atoms with Crippen LogP contribution in [0.5, 0.6) is 5.75 Å². The zero-order valence-corrected chi connectivity index (χ0v) is 21.9. The van der Waals surface area contributed by atoms with Gasteiger partial charge in [-0.15, -0.1) is 0 Å². The average Bonchev–Trinajstić information content (AvgIpc) is 3.12. The van der Waals surface area contributed by atoms with E-state index in [1.54, 1.807) is 35.9 Å². The van der Waals surface area contributed by atoms with Crippen LogP contribution < -0.4 is 20.7 Å². The van der Waals surface area contributed by atoms with Crippen LogP contribution in [0.2, 0.25) is 0 Å². The van der Waals surface area contributed by atoms with Gasteiger partial charge in [0, 0.05) is 32.3 Å². The van der Waals surface area contributed by atoms with Gasteiger partial charge >= 0.3 is 0 Å². The third-order valence-electron chi connectivity index (χ3n) is 6.48. The highest BCUT2D eigenvalue weighted by atomic mass is 16.5. The van der Waals surface area contributed by atoms with Crippen molar-refractivity contribution >= 4 is 23.6 Å². The summed E-state index contributed by atoms with van der Waals surface area (Å²) in [5.41, 5.74) is 3.26. The average molecular weight is 513 g/mol. The minimum atomic E-state index is -0.946. The van der Waals surface area contributed by atoms with Gasteiger partial charge in [-0.1, -0.05) is 12.1 Å². The van der Waals surface area contributed by atoms with Crippen LogP contribution in [0.1, 0.15) is 47.1 Å². The van der Waals surface area contributed by atoms with E-state index in [-0.39, 0.29) is 55.8 Å². The molecule has 11 heteroatoms. The fourth-order valence-electron chi connectivity index (χ4n) is 4.28. The van der Waals surface area contributed by atoms with E-state index in [0.29, 0.717) is 25.3 Å². The molecule has 0 saturated heterocycles. The molecule has 37 heavy (non-hydrogen) atoms. The monoisotopic (exact) mass is 512 g/mol. The van der Waals surface area contributed by atoms with Crippen molar-refractivity contribution in [3.63, 3.8) is 0 Å². The second-order valence-corrected chi connectivity index (χ2v) is 8.98. The Hall–Kier alpha value is -3.89. The molecule has 1 aliphatic rings. The number of carbonyl (C=O) groups excluding carboxylic acids is 4. The van der Waals surface area contributed by atoms with E-state index in [4.69, 9.17) is 4.74 Å². The van der Waals surface area contributed by atoms with Gasteiger partial charge in [-0.25, -0.2) is 0 Å². The minimum Gasteiger partial charge on any atom is -0.491 e. The minimum absolute atomic E-state index is 0.00153. The highest BCUT2D eigenvalue weighted by Gasteiger charge is 2.26. The number of amides is 4. The highest BCUT2D eigenvalue weighted by Crippen LogP contribution is 2.18. The van der Waals surface area contributed by atoms with Crippen LogP contribution in [0, 0.1) is 13.8 Å². The fourth-order valence-corrected chi connectivity index (χ4v) is 4.28. The topological polar surface area (TPSA) is 135 Å². The number of carbonyl (C=O) groups is 4.